The molecule has 0 saturated carbocycles. The molecule has 0 saturated heterocycles. The van der Waals surface area contributed by atoms with Crippen LogP contribution >= 0.6 is 0 Å². The predicted octanol–water partition coefficient (Wildman–Crippen LogP) is 4.03. The van der Waals surface area contributed by atoms with E-state index in [0.717, 1.165) is 50.8 Å². The van der Waals surface area contributed by atoms with E-state index in [2.05, 4.69) is 33.1 Å². The van der Waals surface area contributed by atoms with E-state index in [0.29, 0.717) is 13.0 Å². The fraction of sp³-hybridized carbons (Fsp3) is 0.480. The van der Waals surface area contributed by atoms with Crippen LogP contribution in [0.1, 0.15) is 54.0 Å². The molecule has 4 rings (SSSR count). The van der Waals surface area contributed by atoms with Gasteiger partial charge in [-0.25, -0.2) is 17.9 Å². The molecule has 1 unspecified atom stereocenters. The highest BCUT2D eigenvalue weighted by atomic mass is 32.2. The van der Waals surface area contributed by atoms with E-state index in [1.54, 1.807) is 6.92 Å². The van der Waals surface area contributed by atoms with E-state index >= 15 is 0 Å². The zero-order valence-electron chi connectivity index (χ0n) is 19.0. The van der Waals surface area contributed by atoms with Gasteiger partial charge < -0.3 is 10.2 Å². The van der Waals surface area contributed by atoms with Gasteiger partial charge in [0, 0.05) is 12.2 Å². The van der Waals surface area contributed by atoms with Crippen LogP contribution in [0.25, 0.3) is 0 Å². The van der Waals surface area contributed by atoms with Gasteiger partial charge in [-0.3, -0.25) is 0 Å². The van der Waals surface area contributed by atoms with E-state index in [-0.39, 0.29) is 0 Å². The molecule has 0 fully saturated rings. The van der Waals surface area contributed by atoms with Crippen molar-refractivity contribution in [3.8, 4) is 0 Å². The fourth-order valence-electron chi connectivity index (χ4n) is 4.87. The lowest BCUT2D eigenvalue weighted by Gasteiger charge is -2.21. The largest absolute Gasteiger partial charge is 0.332 e. The zero-order valence-corrected chi connectivity index (χ0v) is 19.8. The Balaban J connectivity index is 1.35. The van der Waals surface area contributed by atoms with Gasteiger partial charge in [0.05, 0.1) is 5.25 Å². The number of carbonyl (C=O) groups excluding carboxylic acids is 1. The van der Waals surface area contributed by atoms with Gasteiger partial charge in [-0.05, 0) is 93.3 Å². The van der Waals surface area contributed by atoms with Gasteiger partial charge >= 0.3 is 6.03 Å². The molecule has 2 aliphatic rings. The quantitative estimate of drug-likeness (QED) is 0.630. The molecule has 2 amide bonds. The van der Waals surface area contributed by atoms with Gasteiger partial charge in [0.15, 0.2) is 0 Å². The first-order chi connectivity index (χ1) is 15.3. The molecule has 2 N–H and O–H groups in total. The van der Waals surface area contributed by atoms with E-state index in [1.165, 1.54) is 27.8 Å². The molecule has 172 valence electrons. The second-order valence-corrected chi connectivity index (χ2v) is 11.3. The van der Waals surface area contributed by atoms with Crippen molar-refractivity contribution < 1.29 is 13.2 Å². The van der Waals surface area contributed by atoms with E-state index < -0.39 is 21.3 Å². The minimum Gasteiger partial charge on any atom is -0.307 e. The van der Waals surface area contributed by atoms with Gasteiger partial charge in [-0.1, -0.05) is 36.4 Å². The van der Waals surface area contributed by atoms with Crippen molar-refractivity contribution in [2.75, 3.05) is 18.9 Å². The molecule has 32 heavy (non-hydrogen) atoms. The number of anilines is 1. The summed E-state index contributed by atoms with van der Waals surface area (Å²) in [5.41, 5.74) is 7.03. The average molecular weight is 456 g/mol. The van der Waals surface area contributed by atoms with Gasteiger partial charge in [0.1, 0.15) is 0 Å². The van der Waals surface area contributed by atoms with Crippen molar-refractivity contribution in [1.82, 2.24) is 9.62 Å². The minimum atomic E-state index is -3.76. The number of sulfonamides is 1. The second kappa shape index (κ2) is 9.63. The van der Waals surface area contributed by atoms with Gasteiger partial charge in [0.25, 0.3) is 0 Å². The van der Waals surface area contributed by atoms with Crippen molar-refractivity contribution in [2.45, 2.75) is 63.7 Å². The summed E-state index contributed by atoms with van der Waals surface area (Å²) in [5, 5.41) is 2.24. The van der Waals surface area contributed by atoms with E-state index in [1.807, 2.05) is 25.2 Å². The first-order valence-corrected chi connectivity index (χ1v) is 13.1. The Morgan fingerprint density at radius 2 is 1.66 bits per heavy atom. The van der Waals surface area contributed by atoms with Crippen LogP contribution < -0.4 is 10.0 Å². The van der Waals surface area contributed by atoms with Crippen LogP contribution in [0.4, 0.5) is 10.5 Å². The van der Waals surface area contributed by atoms with Crippen LogP contribution in [-0.4, -0.2) is 38.2 Å². The summed E-state index contributed by atoms with van der Waals surface area (Å²) in [6, 6.07) is 11.7. The van der Waals surface area contributed by atoms with Crippen LogP contribution in [0.15, 0.2) is 36.4 Å². The Bertz CT molecular complexity index is 1050. The monoisotopic (exact) mass is 455 g/mol. The topological polar surface area (TPSA) is 78.5 Å². The van der Waals surface area contributed by atoms with Gasteiger partial charge in [0.2, 0.25) is 10.0 Å². The number of fused-ring (bicyclic) bond motifs is 2. The third kappa shape index (κ3) is 5.15. The standard InChI is InChI=1S/C25H33N3O3S/c1-18(14-15-28(2)17-19-8-4-3-5-9-19)32(30,31)27-25(29)26-24-22-12-6-10-20(22)16-21-11-7-13-23(21)24/h3-5,8-9,16,18H,6-7,10-15,17H2,1-2H3,(H2,26,27,29). The van der Waals surface area contributed by atoms with Crippen molar-refractivity contribution in [2.24, 2.45) is 0 Å². The molecule has 0 radical (unpaired) electrons. The Morgan fingerprint density at radius 1 is 1.03 bits per heavy atom. The summed E-state index contributed by atoms with van der Waals surface area (Å²) < 4.78 is 27.8. The molecule has 2 aromatic carbocycles. The Labute approximate surface area is 191 Å². The minimum absolute atomic E-state index is 0.447. The van der Waals surface area contributed by atoms with Crippen LogP contribution in [0, 0.1) is 0 Å². The Hall–Kier alpha value is -2.38. The molecular formula is C25H33N3O3S. The number of aryl methyl sites for hydroxylation is 2. The van der Waals surface area contributed by atoms with Crippen molar-refractivity contribution >= 4 is 21.7 Å². The lowest BCUT2D eigenvalue weighted by atomic mass is 9.99. The summed E-state index contributed by atoms with van der Waals surface area (Å²) in [5.74, 6) is 0. The average Bonchev–Trinajstić information content (AvgIpc) is 3.41. The Kier molecular flexibility index (Phi) is 6.86. The summed E-state index contributed by atoms with van der Waals surface area (Å²) in [7, 11) is -1.79. The maximum Gasteiger partial charge on any atom is 0.332 e. The van der Waals surface area contributed by atoms with Crippen LogP contribution in [-0.2, 0) is 42.3 Å². The highest BCUT2D eigenvalue weighted by Crippen LogP contribution is 2.38. The highest BCUT2D eigenvalue weighted by molar-refractivity contribution is 7.90. The third-order valence-corrected chi connectivity index (χ3v) is 8.45. The molecule has 6 nitrogen and oxygen atoms in total. The summed E-state index contributed by atoms with van der Waals surface area (Å²) in [6.07, 6.45) is 6.56. The number of urea groups is 1. The lowest BCUT2D eigenvalue weighted by Crippen LogP contribution is -2.41. The normalized spacial score (nSPS) is 16.0. The highest BCUT2D eigenvalue weighted by Gasteiger charge is 2.27. The number of rotatable bonds is 8. The molecule has 0 aromatic heterocycles. The molecular weight excluding hydrogens is 422 g/mol. The van der Waals surface area contributed by atoms with E-state index in [9.17, 15) is 13.2 Å². The molecule has 0 heterocycles. The molecule has 2 aromatic rings. The first kappa shape index (κ1) is 22.8. The number of amides is 2. The van der Waals surface area contributed by atoms with Gasteiger partial charge in [-0.2, -0.15) is 0 Å². The molecule has 0 bridgehead atoms. The summed E-state index contributed by atoms with van der Waals surface area (Å²) >= 11 is 0. The first-order valence-electron chi connectivity index (χ1n) is 11.5. The van der Waals surface area contributed by atoms with Crippen LogP contribution in [0.3, 0.4) is 0 Å². The maximum absolute atomic E-state index is 12.8. The van der Waals surface area contributed by atoms with E-state index in [4.69, 9.17) is 0 Å². The summed E-state index contributed by atoms with van der Waals surface area (Å²) in [6.45, 7) is 3.04. The fourth-order valence-corrected chi connectivity index (χ4v) is 5.79. The second-order valence-electron chi connectivity index (χ2n) is 9.16. The van der Waals surface area contributed by atoms with Crippen LogP contribution in [0.5, 0.6) is 0 Å². The number of benzene rings is 2. The molecule has 0 aliphatic heterocycles. The number of hydrogen-bond acceptors (Lipinski definition) is 4. The molecule has 2 aliphatic carbocycles. The predicted molar refractivity (Wildman–Crippen MR) is 128 cm³/mol. The van der Waals surface area contributed by atoms with Crippen molar-refractivity contribution in [1.29, 1.82) is 0 Å². The number of nitrogens with one attached hydrogen (secondary N) is 2. The van der Waals surface area contributed by atoms with Crippen molar-refractivity contribution in [3.63, 3.8) is 0 Å². The summed E-state index contributed by atoms with van der Waals surface area (Å²) in [4.78, 5) is 14.8. The van der Waals surface area contributed by atoms with Crippen molar-refractivity contribution in [3.05, 3.63) is 64.2 Å². The third-order valence-electron chi connectivity index (χ3n) is 6.69. The molecule has 1 atom stereocenters. The smallest absolute Gasteiger partial charge is 0.307 e. The Morgan fingerprint density at radius 3 is 2.28 bits per heavy atom. The molecule has 0 spiro atoms. The lowest BCUT2D eigenvalue weighted by molar-refractivity contribution is 0.256. The SMILES string of the molecule is CC(CCN(C)Cc1ccccc1)S(=O)(=O)NC(=O)Nc1c2c(cc3c1CCC3)CCC2. The molecule has 7 heteroatoms. The van der Waals surface area contributed by atoms with Gasteiger partial charge in [-0.15, -0.1) is 0 Å². The van der Waals surface area contributed by atoms with Crippen LogP contribution in [0.2, 0.25) is 0 Å². The number of hydrogen-bond donors (Lipinski definition) is 2. The maximum atomic E-state index is 12.8. The number of nitrogens with zero attached hydrogens (tertiary/aromatic N) is 1. The zero-order chi connectivity index (χ0) is 22.7. The number of carbonyl (C=O) groups is 1.